The molecule has 2 aromatic rings. The van der Waals surface area contributed by atoms with Crippen molar-refractivity contribution < 1.29 is 14.0 Å². The van der Waals surface area contributed by atoms with Crippen molar-refractivity contribution in [2.75, 3.05) is 24.5 Å². The molecule has 2 N–H and O–H groups in total. The molecule has 2 amide bonds. The second-order valence-corrected chi connectivity index (χ2v) is 7.20. The van der Waals surface area contributed by atoms with Crippen molar-refractivity contribution in [2.45, 2.75) is 25.3 Å². The maximum Gasteiger partial charge on any atom is 0.241 e. The largest absolute Gasteiger partial charge is 0.370 e. The number of benzene rings is 1. The molecule has 1 saturated heterocycles. The Hall–Kier alpha value is -2.25. The van der Waals surface area contributed by atoms with Gasteiger partial charge in [0.1, 0.15) is 5.82 Å². The van der Waals surface area contributed by atoms with Gasteiger partial charge < -0.3 is 10.6 Å². The molecule has 1 atom stereocenters. The Morgan fingerprint density at radius 1 is 1.27 bits per heavy atom. The molecule has 1 aromatic carbocycles. The molecule has 26 heavy (non-hydrogen) atoms. The Morgan fingerprint density at radius 3 is 2.69 bits per heavy atom. The van der Waals surface area contributed by atoms with Gasteiger partial charge in [0.15, 0.2) is 0 Å². The fourth-order valence-electron chi connectivity index (χ4n) is 3.36. The molecule has 1 aromatic heterocycles. The van der Waals surface area contributed by atoms with Crippen LogP contribution in [0.2, 0.25) is 0 Å². The Bertz CT molecular complexity index is 749. The number of hydrogen-bond acceptors (Lipinski definition) is 4. The Kier molecular flexibility index (Phi) is 6.00. The molecule has 7 heteroatoms. The third-order valence-corrected chi connectivity index (χ3v) is 5.35. The van der Waals surface area contributed by atoms with Gasteiger partial charge >= 0.3 is 0 Å². The Morgan fingerprint density at radius 2 is 2.04 bits per heavy atom. The van der Waals surface area contributed by atoms with Gasteiger partial charge in [-0.1, -0.05) is 0 Å². The highest BCUT2D eigenvalue weighted by Gasteiger charge is 2.29. The van der Waals surface area contributed by atoms with Gasteiger partial charge in [-0.2, -0.15) is 11.3 Å². The van der Waals surface area contributed by atoms with Crippen LogP contribution in [-0.2, 0) is 9.59 Å². The minimum atomic E-state index is -0.470. The highest BCUT2D eigenvalue weighted by molar-refractivity contribution is 7.07. The molecule has 0 saturated carbocycles. The first-order chi connectivity index (χ1) is 12.5. The highest BCUT2D eigenvalue weighted by atomic mass is 32.1. The van der Waals surface area contributed by atoms with Crippen LogP contribution in [-0.4, -0.2) is 36.3 Å². The zero-order valence-corrected chi connectivity index (χ0v) is 15.3. The van der Waals surface area contributed by atoms with Gasteiger partial charge in [0, 0.05) is 24.7 Å². The Labute approximate surface area is 156 Å². The number of rotatable bonds is 7. The normalized spacial score (nSPS) is 17.3. The smallest absolute Gasteiger partial charge is 0.241 e. The van der Waals surface area contributed by atoms with E-state index in [2.05, 4.69) is 16.3 Å². The lowest BCUT2D eigenvalue weighted by Gasteiger charge is -2.28. The number of primary amides is 1. The van der Waals surface area contributed by atoms with Crippen LogP contribution in [0.4, 0.5) is 10.1 Å². The predicted molar refractivity (Wildman–Crippen MR) is 100 cm³/mol. The van der Waals surface area contributed by atoms with Crippen molar-refractivity contribution in [2.24, 2.45) is 5.73 Å². The van der Waals surface area contributed by atoms with Crippen LogP contribution >= 0.6 is 11.3 Å². The monoisotopic (exact) mass is 375 g/mol. The van der Waals surface area contributed by atoms with Crippen molar-refractivity contribution >= 4 is 28.8 Å². The van der Waals surface area contributed by atoms with Crippen LogP contribution in [0.3, 0.4) is 0 Å². The van der Waals surface area contributed by atoms with E-state index in [-0.39, 0.29) is 37.3 Å². The van der Waals surface area contributed by atoms with Crippen molar-refractivity contribution in [3.05, 3.63) is 52.5 Å². The highest BCUT2D eigenvalue weighted by Crippen LogP contribution is 2.33. The molecule has 1 aliphatic rings. The number of halogens is 1. The fraction of sp³-hybridized carbons (Fsp3) is 0.368. The first-order valence-corrected chi connectivity index (χ1v) is 9.59. The predicted octanol–water partition coefficient (Wildman–Crippen LogP) is 2.93. The third kappa shape index (κ3) is 4.47. The van der Waals surface area contributed by atoms with Crippen LogP contribution in [0, 0.1) is 5.82 Å². The summed E-state index contributed by atoms with van der Waals surface area (Å²) in [4.78, 5) is 27.8. The molecule has 0 spiro atoms. The summed E-state index contributed by atoms with van der Waals surface area (Å²) >= 11 is 1.65. The number of anilines is 1. The van der Waals surface area contributed by atoms with Crippen LogP contribution < -0.4 is 10.6 Å². The number of nitrogens with two attached hydrogens (primary N) is 1. The van der Waals surface area contributed by atoms with E-state index in [0.717, 1.165) is 19.4 Å². The van der Waals surface area contributed by atoms with E-state index in [1.807, 2.05) is 5.38 Å². The molecule has 2 heterocycles. The second kappa shape index (κ2) is 8.42. The zero-order chi connectivity index (χ0) is 18.5. The SMILES string of the molecule is NC(=O)CCN(C(=O)CN1CCC[C@H]1c1ccsc1)c1ccc(F)cc1. The molecule has 5 nitrogen and oxygen atoms in total. The molecule has 0 unspecified atom stereocenters. The maximum atomic E-state index is 13.2. The maximum absolute atomic E-state index is 13.2. The topological polar surface area (TPSA) is 66.6 Å². The summed E-state index contributed by atoms with van der Waals surface area (Å²) in [6, 6.07) is 8.07. The molecule has 1 aliphatic heterocycles. The quantitative estimate of drug-likeness (QED) is 0.809. The third-order valence-electron chi connectivity index (χ3n) is 4.65. The summed E-state index contributed by atoms with van der Waals surface area (Å²) in [5.41, 5.74) is 7.06. The summed E-state index contributed by atoms with van der Waals surface area (Å²) in [6.45, 7) is 1.31. The van der Waals surface area contributed by atoms with Gasteiger partial charge in [-0.25, -0.2) is 4.39 Å². The molecule has 1 fully saturated rings. The Balaban J connectivity index is 1.74. The molecular formula is C19H22FN3O2S. The van der Waals surface area contributed by atoms with E-state index in [0.29, 0.717) is 5.69 Å². The summed E-state index contributed by atoms with van der Waals surface area (Å²) < 4.78 is 13.2. The number of likely N-dealkylation sites (tertiary alicyclic amines) is 1. The number of thiophene rings is 1. The van der Waals surface area contributed by atoms with Crippen molar-refractivity contribution in [3.63, 3.8) is 0 Å². The molecular weight excluding hydrogens is 353 g/mol. The van der Waals surface area contributed by atoms with Crippen LogP contribution in [0.15, 0.2) is 41.1 Å². The fourth-order valence-corrected chi connectivity index (χ4v) is 4.06. The summed E-state index contributed by atoms with van der Waals surface area (Å²) in [5.74, 6) is -0.949. The van der Waals surface area contributed by atoms with E-state index in [9.17, 15) is 14.0 Å². The van der Waals surface area contributed by atoms with Gasteiger partial charge in [0.2, 0.25) is 11.8 Å². The van der Waals surface area contributed by atoms with E-state index in [1.165, 1.54) is 22.6 Å². The number of hydrogen-bond donors (Lipinski definition) is 1. The van der Waals surface area contributed by atoms with E-state index in [1.54, 1.807) is 23.5 Å². The summed E-state index contributed by atoms with van der Waals surface area (Å²) in [7, 11) is 0. The molecule has 3 rings (SSSR count). The number of nitrogens with zero attached hydrogens (tertiary/aromatic N) is 2. The average Bonchev–Trinajstić information content (AvgIpc) is 3.27. The minimum Gasteiger partial charge on any atom is -0.370 e. The van der Waals surface area contributed by atoms with E-state index >= 15 is 0 Å². The van der Waals surface area contributed by atoms with Crippen molar-refractivity contribution in [3.8, 4) is 0 Å². The minimum absolute atomic E-state index is 0.0665. The first-order valence-electron chi connectivity index (χ1n) is 8.65. The van der Waals surface area contributed by atoms with Crippen molar-refractivity contribution in [1.82, 2.24) is 4.90 Å². The lowest BCUT2D eigenvalue weighted by Crippen LogP contribution is -2.41. The molecule has 0 bridgehead atoms. The molecule has 0 aliphatic carbocycles. The van der Waals surface area contributed by atoms with Crippen molar-refractivity contribution in [1.29, 1.82) is 0 Å². The number of carbonyl (C=O) groups excluding carboxylic acids is 2. The van der Waals surface area contributed by atoms with Gasteiger partial charge in [0.05, 0.1) is 6.54 Å². The van der Waals surface area contributed by atoms with Gasteiger partial charge in [-0.15, -0.1) is 0 Å². The summed E-state index contributed by atoms with van der Waals surface area (Å²) in [6.07, 6.45) is 2.14. The first kappa shape index (κ1) is 18.5. The number of carbonyl (C=O) groups is 2. The lowest BCUT2D eigenvalue weighted by atomic mass is 10.1. The van der Waals surface area contributed by atoms with Gasteiger partial charge in [0.25, 0.3) is 0 Å². The van der Waals surface area contributed by atoms with Gasteiger partial charge in [-0.3, -0.25) is 14.5 Å². The standard InChI is InChI=1S/C19H22FN3O2S/c20-15-3-5-16(6-4-15)23(10-7-18(21)24)19(25)12-22-9-1-2-17(22)14-8-11-26-13-14/h3-6,8,11,13,17H,1-2,7,9-10,12H2,(H2,21,24)/t17-/m0/s1. The number of amides is 2. The van der Waals surface area contributed by atoms with E-state index in [4.69, 9.17) is 5.73 Å². The van der Waals surface area contributed by atoms with Crippen LogP contribution in [0.1, 0.15) is 30.9 Å². The zero-order valence-electron chi connectivity index (χ0n) is 14.4. The molecule has 0 radical (unpaired) electrons. The van der Waals surface area contributed by atoms with Crippen LogP contribution in [0.5, 0.6) is 0 Å². The van der Waals surface area contributed by atoms with Crippen LogP contribution in [0.25, 0.3) is 0 Å². The summed E-state index contributed by atoms with van der Waals surface area (Å²) in [5, 5.41) is 4.17. The van der Waals surface area contributed by atoms with E-state index < -0.39 is 5.91 Å². The van der Waals surface area contributed by atoms with Gasteiger partial charge in [-0.05, 0) is 66.0 Å². The average molecular weight is 375 g/mol. The second-order valence-electron chi connectivity index (χ2n) is 6.42. The lowest BCUT2D eigenvalue weighted by molar-refractivity contribution is -0.120. The molecule has 138 valence electrons.